The topological polar surface area (TPSA) is 105 Å². The molecular formula is C38H42FN3O6S. The summed E-state index contributed by atoms with van der Waals surface area (Å²) in [5.74, 6) is -1.10. The smallest absolute Gasteiger partial charge is 0.264 e. The first-order valence-corrected chi connectivity index (χ1v) is 17.8. The van der Waals surface area contributed by atoms with Crippen LogP contribution in [-0.2, 0) is 32.6 Å². The Morgan fingerprint density at radius 3 is 2.16 bits per heavy atom. The first-order valence-electron chi connectivity index (χ1n) is 16.4. The van der Waals surface area contributed by atoms with Crippen LogP contribution < -0.4 is 19.1 Å². The van der Waals surface area contributed by atoms with Crippen molar-refractivity contribution in [3.8, 4) is 11.5 Å². The molecule has 4 aromatic rings. The van der Waals surface area contributed by atoms with Crippen LogP contribution in [0, 0.1) is 5.82 Å². The average Bonchev–Trinajstić information content (AvgIpc) is 3.13. The van der Waals surface area contributed by atoms with Gasteiger partial charge in [0.1, 0.15) is 29.9 Å². The molecule has 9 nitrogen and oxygen atoms in total. The molecule has 1 aliphatic rings. The van der Waals surface area contributed by atoms with Gasteiger partial charge in [0.2, 0.25) is 11.8 Å². The van der Waals surface area contributed by atoms with Gasteiger partial charge in [0, 0.05) is 30.6 Å². The van der Waals surface area contributed by atoms with Gasteiger partial charge < -0.3 is 19.7 Å². The molecule has 1 aliphatic carbocycles. The van der Waals surface area contributed by atoms with Gasteiger partial charge in [-0.25, -0.2) is 12.8 Å². The van der Waals surface area contributed by atoms with Gasteiger partial charge in [-0.15, -0.1) is 0 Å². The van der Waals surface area contributed by atoms with E-state index in [0.717, 1.165) is 42.0 Å². The lowest BCUT2D eigenvalue weighted by molar-refractivity contribution is -0.140. The van der Waals surface area contributed by atoms with E-state index >= 15 is 4.39 Å². The van der Waals surface area contributed by atoms with Crippen LogP contribution in [0.2, 0.25) is 0 Å². The summed E-state index contributed by atoms with van der Waals surface area (Å²) >= 11 is 0. The van der Waals surface area contributed by atoms with Gasteiger partial charge >= 0.3 is 0 Å². The number of ether oxygens (including phenoxy) is 2. The van der Waals surface area contributed by atoms with Crippen molar-refractivity contribution in [1.82, 2.24) is 10.2 Å². The molecule has 49 heavy (non-hydrogen) atoms. The van der Waals surface area contributed by atoms with Crippen LogP contribution in [0.5, 0.6) is 11.5 Å². The van der Waals surface area contributed by atoms with Crippen LogP contribution in [0.25, 0.3) is 0 Å². The average molecular weight is 688 g/mol. The normalized spacial score (nSPS) is 14.0. The fraction of sp³-hybridized carbons (Fsp3) is 0.316. The number of sulfonamides is 1. The van der Waals surface area contributed by atoms with Gasteiger partial charge in [-0.2, -0.15) is 0 Å². The molecule has 1 fully saturated rings. The second kappa shape index (κ2) is 16.5. The predicted molar refractivity (Wildman–Crippen MR) is 186 cm³/mol. The maximum Gasteiger partial charge on any atom is 0.264 e. The molecule has 0 unspecified atom stereocenters. The number of nitrogens with zero attached hydrogens (tertiary/aromatic N) is 2. The zero-order chi connectivity index (χ0) is 34.8. The van der Waals surface area contributed by atoms with E-state index in [4.69, 9.17) is 9.47 Å². The predicted octanol–water partition coefficient (Wildman–Crippen LogP) is 6.13. The standard InChI is InChI=1S/C38H42FN3O6S/c1-47-31-22-23-36(48-2)34(25-31)42(49(45,46)32-19-10-5-11-20-32)27-37(43)41(26-29-16-12-13-21-33(29)39)35(24-28-14-6-3-7-15-28)38(44)40-30-17-8-4-9-18-30/h3,5-7,10-16,19-23,25,30,35H,4,8-9,17-18,24,26-27H2,1-2H3,(H,40,44)/t35-/m0/s1. The van der Waals surface area contributed by atoms with E-state index in [1.165, 1.54) is 43.4 Å². The molecule has 1 atom stereocenters. The van der Waals surface area contributed by atoms with E-state index in [1.807, 2.05) is 30.3 Å². The highest BCUT2D eigenvalue weighted by molar-refractivity contribution is 7.92. The fourth-order valence-corrected chi connectivity index (χ4v) is 7.57. The van der Waals surface area contributed by atoms with E-state index in [-0.39, 0.29) is 46.8 Å². The van der Waals surface area contributed by atoms with Crippen molar-refractivity contribution in [2.75, 3.05) is 25.1 Å². The summed E-state index contributed by atoms with van der Waals surface area (Å²) in [4.78, 5) is 30.2. The molecule has 4 aromatic carbocycles. The highest BCUT2D eigenvalue weighted by Gasteiger charge is 2.36. The first-order chi connectivity index (χ1) is 23.7. The zero-order valence-corrected chi connectivity index (χ0v) is 28.6. The second-order valence-corrected chi connectivity index (χ2v) is 13.9. The number of carbonyl (C=O) groups is 2. The Morgan fingerprint density at radius 2 is 1.51 bits per heavy atom. The lowest BCUT2D eigenvalue weighted by Gasteiger charge is -2.35. The summed E-state index contributed by atoms with van der Waals surface area (Å²) < 4.78 is 55.8. The quantitative estimate of drug-likeness (QED) is 0.171. The third-order valence-electron chi connectivity index (χ3n) is 8.79. The number of benzene rings is 4. The number of rotatable bonds is 14. The van der Waals surface area contributed by atoms with Gasteiger partial charge in [-0.05, 0) is 48.7 Å². The number of amides is 2. The fourth-order valence-electron chi connectivity index (χ4n) is 6.13. The molecule has 258 valence electrons. The maximum absolute atomic E-state index is 15.2. The SMILES string of the molecule is COc1ccc(OC)c(N(CC(=O)N(Cc2ccccc2F)[C@@H](Cc2ccccc2)C(=O)NC2CCCCC2)S(=O)(=O)c2ccccc2)c1. The van der Waals surface area contributed by atoms with Gasteiger partial charge in [0.05, 0.1) is 24.8 Å². The van der Waals surface area contributed by atoms with Gasteiger partial charge in [0.25, 0.3) is 10.0 Å². The van der Waals surface area contributed by atoms with Gasteiger partial charge in [-0.3, -0.25) is 13.9 Å². The molecule has 0 spiro atoms. The van der Waals surface area contributed by atoms with Crippen LogP contribution in [0.3, 0.4) is 0 Å². The van der Waals surface area contributed by atoms with E-state index in [2.05, 4.69) is 5.32 Å². The monoisotopic (exact) mass is 687 g/mol. The van der Waals surface area contributed by atoms with Crippen molar-refractivity contribution in [2.45, 2.75) is 62.0 Å². The van der Waals surface area contributed by atoms with E-state index in [9.17, 15) is 18.0 Å². The molecule has 1 saturated carbocycles. The zero-order valence-electron chi connectivity index (χ0n) is 27.8. The summed E-state index contributed by atoms with van der Waals surface area (Å²) in [6.45, 7) is -0.979. The lowest BCUT2D eigenvalue weighted by atomic mass is 9.94. The Labute approximate surface area is 287 Å². The van der Waals surface area contributed by atoms with Crippen molar-refractivity contribution in [3.05, 3.63) is 120 Å². The van der Waals surface area contributed by atoms with Crippen LogP contribution >= 0.6 is 0 Å². The lowest BCUT2D eigenvalue weighted by Crippen LogP contribution is -2.55. The van der Waals surface area contributed by atoms with Crippen LogP contribution in [-0.4, -0.2) is 58.0 Å². The number of hydrogen-bond acceptors (Lipinski definition) is 6. The third-order valence-corrected chi connectivity index (χ3v) is 10.6. The van der Waals surface area contributed by atoms with Crippen LogP contribution in [0.1, 0.15) is 43.2 Å². The van der Waals surface area contributed by atoms with E-state index in [0.29, 0.717) is 5.75 Å². The molecule has 0 bridgehead atoms. The summed E-state index contributed by atoms with van der Waals surface area (Å²) in [6, 6.07) is 26.6. The molecule has 0 saturated heterocycles. The molecular weight excluding hydrogens is 645 g/mol. The summed E-state index contributed by atoms with van der Waals surface area (Å²) in [6.07, 6.45) is 4.85. The van der Waals surface area contributed by atoms with Gasteiger partial charge in [-0.1, -0.05) is 86.0 Å². The number of anilines is 1. The second-order valence-electron chi connectivity index (χ2n) is 12.0. The molecule has 1 N–H and O–H groups in total. The minimum absolute atomic E-state index is 0.0517. The van der Waals surface area contributed by atoms with Crippen LogP contribution in [0.4, 0.5) is 10.1 Å². The highest BCUT2D eigenvalue weighted by atomic mass is 32.2. The van der Waals surface area contributed by atoms with Crippen molar-refractivity contribution < 1.29 is 31.9 Å². The van der Waals surface area contributed by atoms with Crippen LogP contribution in [0.15, 0.2) is 108 Å². The largest absolute Gasteiger partial charge is 0.497 e. The molecule has 0 heterocycles. The Hall–Kier alpha value is -4.90. The minimum atomic E-state index is -4.37. The minimum Gasteiger partial charge on any atom is -0.497 e. The summed E-state index contributed by atoms with van der Waals surface area (Å²) in [5.41, 5.74) is 1.05. The number of methoxy groups -OCH3 is 2. The summed E-state index contributed by atoms with van der Waals surface area (Å²) in [5, 5.41) is 3.15. The maximum atomic E-state index is 15.2. The number of hydrogen-bond donors (Lipinski definition) is 1. The Kier molecular flexibility index (Phi) is 11.9. The highest BCUT2D eigenvalue weighted by Crippen LogP contribution is 2.36. The summed E-state index contributed by atoms with van der Waals surface area (Å²) in [7, 11) is -1.53. The molecule has 2 amide bonds. The van der Waals surface area contributed by atoms with Crippen molar-refractivity contribution >= 4 is 27.5 Å². The van der Waals surface area contributed by atoms with E-state index < -0.39 is 34.3 Å². The van der Waals surface area contributed by atoms with Crippen molar-refractivity contribution in [1.29, 1.82) is 0 Å². The van der Waals surface area contributed by atoms with Gasteiger partial charge in [0.15, 0.2) is 0 Å². The van der Waals surface area contributed by atoms with Crippen molar-refractivity contribution in [3.63, 3.8) is 0 Å². The Bertz CT molecular complexity index is 1820. The molecule has 0 radical (unpaired) electrons. The van der Waals surface area contributed by atoms with Crippen molar-refractivity contribution in [2.24, 2.45) is 0 Å². The molecule has 0 aromatic heterocycles. The van der Waals surface area contributed by atoms with E-state index in [1.54, 1.807) is 48.5 Å². The number of halogens is 1. The Morgan fingerprint density at radius 1 is 0.857 bits per heavy atom. The molecule has 11 heteroatoms. The molecule has 0 aliphatic heterocycles. The first kappa shape index (κ1) is 35.4. The number of nitrogens with one attached hydrogen (secondary N) is 1. The Balaban J connectivity index is 1.61. The number of carbonyl (C=O) groups excluding carboxylic acids is 2. The molecule has 5 rings (SSSR count). The third kappa shape index (κ3) is 8.77.